The lowest BCUT2D eigenvalue weighted by Gasteiger charge is -2.40. The summed E-state index contributed by atoms with van der Waals surface area (Å²) in [5.41, 5.74) is 7.96. The van der Waals surface area contributed by atoms with Crippen LogP contribution in [0.5, 0.6) is 0 Å². The molecule has 0 spiro atoms. The number of carbonyl (C=O) groups excluding carboxylic acids is 1. The molecule has 0 radical (unpaired) electrons. The summed E-state index contributed by atoms with van der Waals surface area (Å²) in [6.07, 6.45) is 6.44. The van der Waals surface area contributed by atoms with E-state index >= 15 is 0 Å². The molecule has 0 aromatic rings. The second kappa shape index (κ2) is 2.86. The zero-order valence-electron chi connectivity index (χ0n) is 8.23. The van der Waals surface area contributed by atoms with Gasteiger partial charge in [-0.2, -0.15) is 0 Å². The van der Waals surface area contributed by atoms with Gasteiger partial charge in [-0.25, -0.2) is 0 Å². The number of ketones is 1. The molecular formula is C11H17NO. The third-order valence-electron chi connectivity index (χ3n) is 3.66. The molecule has 72 valence electrons. The number of fused-ring (bicyclic) bond motifs is 1. The lowest BCUT2D eigenvalue weighted by molar-refractivity contribution is -0.117. The monoisotopic (exact) mass is 179 g/mol. The average Bonchev–Trinajstić information content (AvgIpc) is 2.12. The van der Waals surface area contributed by atoms with Crippen LogP contribution in [0.1, 0.15) is 45.4 Å². The van der Waals surface area contributed by atoms with Crippen LogP contribution in [0.3, 0.4) is 0 Å². The predicted octanol–water partition coefficient (Wildman–Crippen LogP) is 2.14. The molecule has 0 aliphatic heterocycles. The maximum Gasteiger partial charge on any atom is 0.178 e. The van der Waals surface area contributed by atoms with Gasteiger partial charge in [-0.05, 0) is 36.7 Å². The lowest BCUT2D eigenvalue weighted by atomic mass is 9.65. The fraction of sp³-hybridized carbons (Fsp3) is 0.727. The molecule has 2 aliphatic rings. The Morgan fingerprint density at radius 3 is 2.77 bits per heavy atom. The van der Waals surface area contributed by atoms with Crippen molar-refractivity contribution in [2.24, 2.45) is 11.1 Å². The summed E-state index contributed by atoms with van der Waals surface area (Å²) in [6, 6.07) is 0. The number of rotatable bonds is 0. The van der Waals surface area contributed by atoms with Crippen LogP contribution in [0.25, 0.3) is 0 Å². The summed E-state index contributed by atoms with van der Waals surface area (Å²) in [6.45, 7) is 2.26. The third-order valence-corrected chi connectivity index (χ3v) is 3.66. The highest BCUT2D eigenvalue weighted by atomic mass is 16.1. The standard InChI is InChI=1S/C11H17NO/c1-11-6-3-2-4-8(11)10(12)9(13)5-7-11/h2-7,12H2,1H3/t11-/m0/s1. The van der Waals surface area contributed by atoms with E-state index in [1.54, 1.807) is 0 Å². The SMILES string of the molecule is C[C@@]12CCCCC1=C(N)C(=O)CC2. The summed E-state index contributed by atoms with van der Waals surface area (Å²) in [4.78, 5) is 11.4. The average molecular weight is 179 g/mol. The van der Waals surface area contributed by atoms with Gasteiger partial charge in [0.1, 0.15) is 0 Å². The fourth-order valence-corrected chi connectivity index (χ4v) is 2.70. The van der Waals surface area contributed by atoms with Crippen LogP contribution in [0.2, 0.25) is 0 Å². The summed E-state index contributed by atoms with van der Waals surface area (Å²) >= 11 is 0. The van der Waals surface area contributed by atoms with Crippen LogP contribution in [0.4, 0.5) is 0 Å². The van der Waals surface area contributed by atoms with E-state index in [2.05, 4.69) is 6.92 Å². The van der Waals surface area contributed by atoms with Gasteiger partial charge in [0.2, 0.25) is 0 Å². The van der Waals surface area contributed by atoms with Crippen LogP contribution in [0.15, 0.2) is 11.3 Å². The van der Waals surface area contributed by atoms with Gasteiger partial charge in [0.05, 0.1) is 5.70 Å². The molecule has 0 aromatic carbocycles. The number of hydrogen-bond acceptors (Lipinski definition) is 2. The Morgan fingerprint density at radius 1 is 1.23 bits per heavy atom. The van der Waals surface area contributed by atoms with E-state index in [0.717, 1.165) is 12.8 Å². The molecule has 0 aromatic heterocycles. The van der Waals surface area contributed by atoms with Gasteiger partial charge in [0.15, 0.2) is 5.78 Å². The molecule has 2 aliphatic carbocycles. The quantitative estimate of drug-likeness (QED) is 0.619. The van der Waals surface area contributed by atoms with Crippen molar-refractivity contribution in [1.82, 2.24) is 0 Å². The van der Waals surface area contributed by atoms with Crippen LogP contribution >= 0.6 is 0 Å². The Kier molecular flexibility index (Phi) is 1.94. The van der Waals surface area contributed by atoms with Crippen molar-refractivity contribution in [2.75, 3.05) is 0 Å². The molecule has 0 unspecified atom stereocenters. The number of Topliss-reactive ketones (excluding diaryl/α,β-unsaturated/α-hetero) is 1. The number of hydrogen-bond donors (Lipinski definition) is 1. The molecule has 0 bridgehead atoms. The minimum absolute atomic E-state index is 0.175. The van der Waals surface area contributed by atoms with Crippen molar-refractivity contribution in [3.8, 4) is 0 Å². The minimum Gasteiger partial charge on any atom is -0.396 e. The highest BCUT2D eigenvalue weighted by Gasteiger charge is 2.37. The third kappa shape index (κ3) is 1.28. The molecule has 1 fully saturated rings. The zero-order valence-corrected chi connectivity index (χ0v) is 8.23. The smallest absolute Gasteiger partial charge is 0.178 e. The highest BCUT2D eigenvalue weighted by molar-refractivity contribution is 5.96. The van der Waals surface area contributed by atoms with Crippen LogP contribution in [-0.4, -0.2) is 5.78 Å². The molecule has 1 saturated carbocycles. The van der Waals surface area contributed by atoms with E-state index in [1.165, 1.54) is 24.8 Å². The number of allylic oxidation sites excluding steroid dienone is 2. The van der Waals surface area contributed by atoms with E-state index < -0.39 is 0 Å². The molecule has 2 nitrogen and oxygen atoms in total. The first kappa shape index (κ1) is 8.79. The largest absolute Gasteiger partial charge is 0.396 e. The zero-order chi connectivity index (χ0) is 9.47. The Bertz CT molecular complexity index is 280. The van der Waals surface area contributed by atoms with Gasteiger partial charge in [0.25, 0.3) is 0 Å². The maximum atomic E-state index is 11.4. The maximum absolute atomic E-state index is 11.4. The Morgan fingerprint density at radius 2 is 2.00 bits per heavy atom. The summed E-state index contributed by atoms with van der Waals surface area (Å²) < 4.78 is 0. The molecule has 0 amide bonds. The van der Waals surface area contributed by atoms with Gasteiger partial charge in [0, 0.05) is 6.42 Å². The molecular weight excluding hydrogens is 162 g/mol. The normalized spacial score (nSPS) is 34.7. The summed E-state index contributed by atoms with van der Waals surface area (Å²) in [5.74, 6) is 0.175. The Balaban J connectivity index is 2.40. The van der Waals surface area contributed by atoms with E-state index in [0.29, 0.717) is 12.1 Å². The molecule has 0 heterocycles. The molecule has 13 heavy (non-hydrogen) atoms. The number of nitrogens with two attached hydrogens (primary N) is 1. The second-order valence-corrected chi connectivity index (χ2v) is 4.58. The first-order valence-electron chi connectivity index (χ1n) is 5.16. The van der Waals surface area contributed by atoms with E-state index in [9.17, 15) is 4.79 Å². The lowest BCUT2D eigenvalue weighted by Crippen LogP contribution is -2.33. The second-order valence-electron chi connectivity index (χ2n) is 4.58. The minimum atomic E-state index is 0.175. The first-order valence-corrected chi connectivity index (χ1v) is 5.16. The van der Waals surface area contributed by atoms with Gasteiger partial charge in [-0.1, -0.05) is 13.3 Å². The van der Waals surface area contributed by atoms with Crippen molar-refractivity contribution in [3.05, 3.63) is 11.3 Å². The van der Waals surface area contributed by atoms with Gasteiger partial charge in [-0.15, -0.1) is 0 Å². The van der Waals surface area contributed by atoms with Crippen molar-refractivity contribution in [1.29, 1.82) is 0 Å². The van der Waals surface area contributed by atoms with Crippen molar-refractivity contribution in [3.63, 3.8) is 0 Å². The first-order chi connectivity index (χ1) is 6.13. The summed E-state index contributed by atoms with van der Waals surface area (Å²) in [7, 11) is 0. The highest BCUT2D eigenvalue weighted by Crippen LogP contribution is 2.47. The molecule has 2 rings (SSSR count). The van der Waals surface area contributed by atoms with Crippen LogP contribution < -0.4 is 5.73 Å². The Labute approximate surface area is 79.2 Å². The number of carbonyl (C=O) groups is 1. The summed E-state index contributed by atoms with van der Waals surface area (Å²) in [5, 5.41) is 0. The fourth-order valence-electron chi connectivity index (χ4n) is 2.70. The molecule has 2 N–H and O–H groups in total. The van der Waals surface area contributed by atoms with Crippen molar-refractivity contribution in [2.45, 2.75) is 45.4 Å². The van der Waals surface area contributed by atoms with Gasteiger partial charge >= 0.3 is 0 Å². The van der Waals surface area contributed by atoms with Gasteiger partial charge < -0.3 is 5.73 Å². The van der Waals surface area contributed by atoms with Crippen molar-refractivity contribution < 1.29 is 4.79 Å². The van der Waals surface area contributed by atoms with Crippen LogP contribution in [-0.2, 0) is 4.79 Å². The van der Waals surface area contributed by atoms with E-state index in [-0.39, 0.29) is 11.2 Å². The molecule has 1 atom stereocenters. The van der Waals surface area contributed by atoms with Crippen molar-refractivity contribution >= 4 is 5.78 Å². The van der Waals surface area contributed by atoms with Gasteiger partial charge in [-0.3, -0.25) is 4.79 Å². The topological polar surface area (TPSA) is 43.1 Å². The van der Waals surface area contributed by atoms with Crippen LogP contribution in [0, 0.1) is 5.41 Å². The molecule has 2 heteroatoms. The van der Waals surface area contributed by atoms with E-state index in [4.69, 9.17) is 5.73 Å². The molecule has 0 saturated heterocycles. The Hall–Kier alpha value is -0.790. The predicted molar refractivity (Wildman–Crippen MR) is 52.0 cm³/mol. The van der Waals surface area contributed by atoms with E-state index in [1.807, 2.05) is 0 Å².